The zero-order valence-electron chi connectivity index (χ0n) is 21.3. The second kappa shape index (κ2) is 10.7. The molecule has 4 aromatic rings. The minimum atomic E-state index is -3.07. The van der Waals surface area contributed by atoms with Gasteiger partial charge in [-0.25, -0.2) is 18.3 Å². The summed E-state index contributed by atoms with van der Waals surface area (Å²) >= 11 is 0. The number of nitriles is 1. The molecule has 3 aromatic heterocycles. The fourth-order valence-electron chi connectivity index (χ4n) is 5.62. The maximum absolute atomic E-state index is 14.2. The summed E-state index contributed by atoms with van der Waals surface area (Å²) in [5.74, 6) is -0.425. The Morgan fingerprint density at radius 3 is 2.62 bits per heavy atom. The smallest absolute Gasteiger partial charge is 0.387 e. The Kier molecular flexibility index (Phi) is 6.89. The summed E-state index contributed by atoms with van der Waals surface area (Å²) in [7, 11) is 0. The Morgan fingerprint density at radius 2 is 1.95 bits per heavy atom. The summed E-state index contributed by atoms with van der Waals surface area (Å²) < 4.78 is 57.5. The third-order valence-corrected chi connectivity index (χ3v) is 7.46. The number of hydrogen-bond donors (Lipinski definition) is 1. The van der Waals surface area contributed by atoms with E-state index in [1.807, 2.05) is 18.2 Å². The molecule has 2 bridgehead atoms. The number of nitrogens with one attached hydrogen (secondary N) is 1. The van der Waals surface area contributed by atoms with E-state index < -0.39 is 24.9 Å². The van der Waals surface area contributed by atoms with Crippen LogP contribution in [0.3, 0.4) is 0 Å². The molecule has 3 aliphatic rings. The van der Waals surface area contributed by atoms with Gasteiger partial charge < -0.3 is 15.0 Å². The molecular weight excluding hydrogens is 526 g/mol. The predicted octanol–water partition coefficient (Wildman–Crippen LogP) is 4.85. The van der Waals surface area contributed by atoms with Gasteiger partial charge in [0.25, 0.3) is 0 Å². The molecule has 0 aliphatic carbocycles. The highest BCUT2D eigenvalue weighted by atomic mass is 19.3. The highest BCUT2D eigenvalue weighted by Gasteiger charge is 2.44. The van der Waals surface area contributed by atoms with E-state index in [1.54, 1.807) is 23.0 Å². The number of aromatic nitrogens is 3. The van der Waals surface area contributed by atoms with Gasteiger partial charge in [-0.1, -0.05) is 6.07 Å². The van der Waals surface area contributed by atoms with Crippen molar-refractivity contribution in [3.05, 3.63) is 71.9 Å². The largest absolute Gasteiger partial charge is 0.432 e. The van der Waals surface area contributed by atoms with Crippen LogP contribution in [0.4, 0.5) is 29.1 Å². The molecule has 0 radical (unpaired) electrons. The molecule has 3 aliphatic heterocycles. The van der Waals surface area contributed by atoms with Crippen molar-refractivity contribution in [2.24, 2.45) is 0 Å². The van der Waals surface area contributed by atoms with Crippen molar-refractivity contribution in [1.82, 2.24) is 19.5 Å². The topological polar surface area (TPSA) is 81.7 Å². The molecule has 12 heteroatoms. The van der Waals surface area contributed by atoms with Crippen LogP contribution in [0.2, 0.25) is 0 Å². The first-order valence-electron chi connectivity index (χ1n) is 12.8. The van der Waals surface area contributed by atoms with Gasteiger partial charge in [0.2, 0.25) is 0 Å². The van der Waals surface area contributed by atoms with E-state index in [9.17, 15) is 22.8 Å². The second-order valence-corrected chi connectivity index (χ2v) is 9.89. The normalized spacial score (nSPS) is 18.6. The van der Waals surface area contributed by atoms with Crippen LogP contribution in [0, 0.1) is 17.1 Å². The maximum atomic E-state index is 14.2. The molecule has 3 fully saturated rings. The molecule has 2 unspecified atom stereocenters. The first-order valence-corrected chi connectivity index (χ1v) is 12.8. The van der Waals surface area contributed by atoms with Gasteiger partial charge in [-0.2, -0.15) is 19.1 Å². The van der Waals surface area contributed by atoms with Crippen molar-refractivity contribution in [1.29, 1.82) is 5.26 Å². The Hall–Kier alpha value is -4.37. The fraction of sp³-hybridized carbons (Fsp3) is 0.321. The zero-order valence-corrected chi connectivity index (χ0v) is 21.3. The van der Waals surface area contributed by atoms with Gasteiger partial charge in [0, 0.05) is 55.6 Å². The van der Waals surface area contributed by atoms with E-state index in [-0.39, 0.29) is 18.6 Å². The number of ether oxygens (including phenoxy) is 1. The number of rotatable bonds is 9. The van der Waals surface area contributed by atoms with Gasteiger partial charge in [-0.05, 0) is 42.3 Å². The van der Waals surface area contributed by atoms with E-state index >= 15 is 0 Å². The van der Waals surface area contributed by atoms with Gasteiger partial charge in [-0.3, -0.25) is 4.90 Å². The molecule has 8 nitrogen and oxygen atoms in total. The van der Waals surface area contributed by atoms with Crippen LogP contribution in [0.25, 0.3) is 16.6 Å². The van der Waals surface area contributed by atoms with Gasteiger partial charge in [0.1, 0.15) is 18.6 Å². The molecule has 0 spiro atoms. The van der Waals surface area contributed by atoms with Crippen molar-refractivity contribution < 1.29 is 22.3 Å². The van der Waals surface area contributed by atoms with Crippen LogP contribution in [-0.2, 0) is 6.54 Å². The summed E-state index contributed by atoms with van der Waals surface area (Å²) in [5.41, 5.74) is 4.05. The number of nitrogens with zero attached hydrogens (tertiary/aromatic N) is 6. The average Bonchev–Trinajstić information content (AvgIpc) is 3.39. The monoisotopic (exact) mass is 551 g/mol. The van der Waals surface area contributed by atoms with Crippen LogP contribution in [0.1, 0.15) is 17.5 Å². The van der Waals surface area contributed by atoms with Crippen molar-refractivity contribution in [3.8, 4) is 22.9 Å². The van der Waals surface area contributed by atoms with Gasteiger partial charge in [0.15, 0.2) is 11.6 Å². The summed E-state index contributed by atoms with van der Waals surface area (Å²) in [6.07, 6.45) is 6.02. The molecule has 206 valence electrons. The Morgan fingerprint density at radius 1 is 1.12 bits per heavy atom. The minimum Gasteiger partial charge on any atom is -0.432 e. The summed E-state index contributed by atoms with van der Waals surface area (Å²) in [6, 6.07) is 12.6. The van der Waals surface area contributed by atoms with Crippen molar-refractivity contribution >= 4 is 17.0 Å². The first-order chi connectivity index (χ1) is 19.4. The number of piperazine rings is 1. The molecule has 6 heterocycles. The lowest BCUT2D eigenvalue weighted by Gasteiger charge is -2.56. The Bertz CT molecular complexity index is 1560. The highest BCUT2D eigenvalue weighted by Crippen LogP contribution is 2.37. The highest BCUT2D eigenvalue weighted by molar-refractivity contribution is 5.86. The molecule has 2 atom stereocenters. The zero-order chi connectivity index (χ0) is 27.8. The number of anilines is 2. The van der Waals surface area contributed by atoms with Crippen molar-refractivity contribution in [2.75, 3.05) is 36.5 Å². The van der Waals surface area contributed by atoms with Crippen LogP contribution in [0.15, 0.2) is 55.0 Å². The van der Waals surface area contributed by atoms with Crippen LogP contribution >= 0.6 is 0 Å². The number of pyridine rings is 2. The number of hydrogen-bond acceptors (Lipinski definition) is 7. The lowest BCUT2D eigenvalue weighted by molar-refractivity contribution is -0.0522. The molecule has 40 heavy (non-hydrogen) atoms. The number of fused-ring (bicyclic) bond motifs is 3. The average molecular weight is 552 g/mol. The quantitative estimate of drug-likeness (QED) is 0.298. The molecule has 3 saturated heterocycles. The molecule has 1 N–H and O–H groups in total. The van der Waals surface area contributed by atoms with Crippen molar-refractivity contribution in [2.45, 2.75) is 31.7 Å². The fourth-order valence-corrected chi connectivity index (χ4v) is 5.62. The lowest BCUT2D eigenvalue weighted by atomic mass is 9.86. The van der Waals surface area contributed by atoms with E-state index in [4.69, 9.17) is 4.98 Å². The molecule has 1 aromatic carbocycles. The molecule has 0 amide bonds. The SMILES string of the molecule is N#Cc1cnn2cc(NCCF)cc(-c3ccc(N4CC5CC(C4)N5Cc4ccc(OC(F)F)c(F)c4)nc3)c12. The van der Waals surface area contributed by atoms with Crippen LogP contribution in [0.5, 0.6) is 5.75 Å². The summed E-state index contributed by atoms with van der Waals surface area (Å²) in [4.78, 5) is 9.23. The molecule has 7 rings (SSSR count). The third-order valence-electron chi connectivity index (χ3n) is 7.46. The lowest BCUT2D eigenvalue weighted by Crippen LogP contribution is -2.68. The number of piperidine rings is 1. The number of halogens is 4. The number of benzene rings is 1. The maximum Gasteiger partial charge on any atom is 0.387 e. The van der Waals surface area contributed by atoms with E-state index in [0.29, 0.717) is 28.9 Å². The summed E-state index contributed by atoms with van der Waals surface area (Å²) in [6.45, 7) is -1.38. The van der Waals surface area contributed by atoms with Crippen molar-refractivity contribution in [3.63, 3.8) is 0 Å². The summed E-state index contributed by atoms with van der Waals surface area (Å²) in [5, 5.41) is 16.9. The van der Waals surface area contributed by atoms with E-state index in [0.717, 1.165) is 36.5 Å². The Balaban J connectivity index is 1.16. The molecular formula is C28H25F4N7O. The van der Waals surface area contributed by atoms with Crippen LogP contribution < -0.4 is 15.0 Å². The van der Waals surface area contributed by atoms with Gasteiger partial charge >= 0.3 is 6.61 Å². The van der Waals surface area contributed by atoms with E-state index in [2.05, 4.69) is 31.0 Å². The standard InChI is InChI=1S/C28H25F4N7O/c29-5-6-34-20-8-23(27-19(10-33)12-36-39(27)14-20)18-2-4-26(35-11-18)37-15-21-9-22(16-37)38(21)13-17-1-3-25(24(30)7-17)40-28(31)32/h1-4,7-8,11-12,14,21-22,28,34H,5-6,9,13,15-16H2. The Labute approximate surface area is 227 Å². The number of alkyl halides is 3. The minimum absolute atomic E-state index is 0.163. The van der Waals surface area contributed by atoms with Gasteiger partial charge in [0.05, 0.1) is 29.2 Å². The molecule has 0 saturated carbocycles. The first kappa shape index (κ1) is 25.9. The second-order valence-electron chi connectivity index (χ2n) is 9.89. The third kappa shape index (κ3) is 4.88. The van der Waals surface area contributed by atoms with Gasteiger partial charge in [-0.15, -0.1) is 0 Å². The predicted molar refractivity (Wildman–Crippen MR) is 141 cm³/mol. The van der Waals surface area contributed by atoms with E-state index in [1.165, 1.54) is 18.3 Å². The van der Waals surface area contributed by atoms with Crippen LogP contribution in [-0.4, -0.2) is 64.5 Å².